The van der Waals surface area contributed by atoms with Crippen LogP contribution in [0.2, 0.25) is 0 Å². The molecule has 0 aromatic heterocycles. The molecular weight excluding hydrogens is 192 g/mol. The van der Waals surface area contributed by atoms with Crippen molar-refractivity contribution in [1.29, 1.82) is 0 Å². The first-order valence-electron chi connectivity index (χ1n) is 5.90. The van der Waals surface area contributed by atoms with Crippen LogP contribution in [0, 0.1) is 5.92 Å². The Labute approximate surface area is 92.6 Å². The van der Waals surface area contributed by atoms with Crippen molar-refractivity contribution in [3.63, 3.8) is 0 Å². The van der Waals surface area contributed by atoms with Gasteiger partial charge in [0.1, 0.15) is 0 Å². The van der Waals surface area contributed by atoms with Gasteiger partial charge in [-0.05, 0) is 20.0 Å². The molecule has 0 aromatic rings. The lowest BCUT2D eigenvalue weighted by Gasteiger charge is -2.34. The molecule has 15 heavy (non-hydrogen) atoms. The summed E-state index contributed by atoms with van der Waals surface area (Å²) < 4.78 is 5.51. The molecule has 2 unspecified atom stereocenters. The monoisotopic (exact) mass is 216 g/mol. The van der Waals surface area contributed by atoms with E-state index in [4.69, 9.17) is 9.84 Å². The predicted molar refractivity (Wildman–Crippen MR) is 61.0 cm³/mol. The minimum absolute atomic E-state index is 0.242. The summed E-state index contributed by atoms with van der Waals surface area (Å²) in [4.78, 5) is 2.28. The van der Waals surface area contributed by atoms with Gasteiger partial charge in [-0.25, -0.2) is 0 Å². The summed E-state index contributed by atoms with van der Waals surface area (Å²) in [5, 5.41) is 12.3. The van der Waals surface area contributed by atoms with Crippen LogP contribution in [0.4, 0.5) is 0 Å². The second-order valence-corrected chi connectivity index (χ2v) is 4.14. The first kappa shape index (κ1) is 12.9. The maximum absolute atomic E-state index is 8.93. The number of nitrogens with zero attached hydrogens (tertiary/aromatic N) is 1. The van der Waals surface area contributed by atoms with Gasteiger partial charge < -0.3 is 20.1 Å². The minimum atomic E-state index is 0.242. The summed E-state index contributed by atoms with van der Waals surface area (Å²) in [6.07, 6.45) is 1.10. The van der Waals surface area contributed by atoms with Gasteiger partial charge in [-0.3, -0.25) is 0 Å². The van der Waals surface area contributed by atoms with Crippen molar-refractivity contribution in [2.45, 2.75) is 19.4 Å². The molecule has 90 valence electrons. The lowest BCUT2D eigenvalue weighted by molar-refractivity contribution is 0.0171. The highest BCUT2D eigenvalue weighted by molar-refractivity contribution is 4.80. The van der Waals surface area contributed by atoms with Gasteiger partial charge in [-0.1, -0.05) is 6.92 Å². The van der Waals surface area contributed by atoms with Gasteiger partial charge in [0.25, 0.3) is 0 Å². The molecule has 0 aromatic carbocycles. The van der Waals surface area contributed by atoms with Crippen molar-refractivity contribution in [2.24, 2.45) is 5.92 Å². The summed E-state index contributed by atoms with van der Waals surface area (Å²) in [7, 11) is 2.02. The normalized spacial score (nSPS) is 27.2. The Hall–Kier alpha value is -0.160. The van der Waals surface area contributed by atoms with Crippen LogP contribution in [0.3, 0.4) is 0 Å². The van der Waals surface area contributed by atoms with Crippen LogP contribution in [0.1, 0.15) is 13.3 Å². The fourth-order valence-electron chi connectivity index (χ4n) is 2.21. The molecule has 1 saturated heterocycles. The Bertz CT molecular complexity index is 167. The first-order chi connectivity index (χ1) is 7.31. The molecule has 0 bridgehead atoms. The number of rotatable bonds is 6. The van der Waals surface area contributed by atoms with Crippen molar-refractivity contribution >= 4 is 0 Å². The second kappa shape index (κ2) is 7.17. The molecule has 0 radical (unpaired) electrons. The highest BCUT2D eigenvalue weighted by Gasteiger charge is 2.25. The third kappa shape index (κ3) is 4.07. The van der Waals surface area contributed by atoms with Crippen molar-refractivity contribution in [2.75, 3.05) is 46.5 Å². The minimum Gasteiger partial charge on any atom is -0.395 e. The van der Waals surface area contributed by atoms with Crippen molar-refractivity contribution in [3.05, 3.63) is 0 Å². The van der Waals surface area contributed by atoms with E-state index in [0.717, 1.165) is 39.3 Å². The van der Waals surface area contributed by atoms with E-state index in [1.54, 1.807) is 0 Å². The van der Waals surface area contributed by atoms with Crippen LogP contribution in [0.5, 0.6) is 0 Å². The Balaban J connectivity index is 2.38. The third-order valence-corrected chi connectivity index (χ3v) is 3.20. The zero-order valence-electron chi connectivity index (χ0n) is 9.91. The fourth-order valence-corrected chi connectivity index (χ4v) is 2.21. The fraction of sp³-hybridized carbons (Fsp3) is 1.00. The summed E-state index contributed by atoms with van der Waals surface area (Å²) in [5.41, 5.74) is 0. The van der Waals surface area contributed by atoms with Crippen LogP contribution >= 0.6 is 0 Å². The molecule has 0 amide bonds. The predicted octanol–water partition coefficient (Wildman–Crippen LogP) is -0.0749. The van der Waals surface area contributed by atoms with Crippen LogP contribution in [-0.2, 0) is 4.74 Å². The van der Waals surface area contributed by atoms with Gasteiger partial charge in [-0.2, -0.15) is 0 Å². The number of hydrogen-bond acceptors (Lipinski definition) is 4. The molecule has 4 nitrogen and oxygen atoms in total. The lowest BCUT2D eigenvalue weighted by atomic mass is 9.95. The molecular formula is C11H24N2O2. The molecule has 0 saturated carbocycles. The van der Waals surface area contributed by atoms with Crippen LogP contribution < -0.4 is 5.32 Å². The van der Waals surface area contributed by atoms with Crippen LogP contribution in [-0.4, -0.2) is 62.6 Å². The van der Waals surface area contributed by atoms with Crippen LogP contribution in [0.25, 0.3) is 0 Å². The van der Waals surface area contributed by atoms with E-state index in [1.165, 1.54) is 0 Å². The van der Waals surface area contributed by atoms with Crippen LogP contribution in [0.15, 0.2) is 0 Å². The Kier molecular flexibility index (Phi) is 6.17. The van der Waals surface area contributed by atoms with Gasteiger partial charge in [-0.15, -0.1) is 0 Å². The number of nitrogens with one attached hydrogen (secondary N) is 1. The highest BCUT2D eigenvalue weighted by Crippen LogP contribution is 2.15. The molecule has 1 aliphatic heterocycles. The summed E-state index contributed by atoms with van der Waals surface area (Å²) >= 11 is 0. The van der Waals surface area contributed by atoms with E-state index in [2.05, 4.69) is 17.1 Å². The Morgan fingerprint density at radius 2 is 2.33 bits per heavy atom. The van der Waals surface area contributed by atoms with E-state index in [0.29, 0.717) is 12.0 Å². The number of ether oxygens (including phenoxy) is 1. The lowest BCUT2D eigenvalue weighted by Crippen LogP contribution is -2.47. The summed E-state index contributed by atoms with van der Waals surface area (Å²) in [6.45, 7) is 6.86. The van der Waals surface area contributed by atoms with Gasteiger partial charge in [0.2, 0.25) is 0 Å². The quantitative estimate of drug-likeness (QED) is 0.652. The van der Waals surface area contributed by atoms with Gasteiger partial charge in [0.05, 0.1) is 13.2 Å². The van der Waals surface area contributed by atoms with E-state index in [1.807, 2.05) is 7.05 Å². The van der Waals surface area contributed by atoms with E-state index in [9.17, 15) is 0 Å². The summed E-state index contributed by atoms with van der Waals surface area (Å²) in [6, 6.07) is 0.562. The topological polar surface area (TPSA) is 44.7 Å². The molecule has 1 heterocycles. The average molecular weight is 216 g/mol. The molecule has 4 heteroatoms. The van der Waals surface area contributed by atoms with Gasteiger partial charge in [0.15, 0.2) is 0 Å². The van der Waals surface area contributed by atoms with E-state index >= 15 is 0 Å². The maximum atomic E-state index is 8.93. The SMILES string of the molecule is CCN(CCO)CC1COCCC1NC. The maximum Gasteiger partial charge on any atom is 0.0558 e. The zero-order valence-corrected chi connectivity index (χ0v) is 9.91. The smallest absolute Gasteiger partial charge is 0.0558 e. The average Bonchev–Trinajstić information content (AvgIpc) is 2.29. The molecule has 0 aliphatic carbocycles. The second-order valence-electron chi connectivity index (χ2n) is 4.14. The molecule has 1 aliphatic rings. The highest BCUT2D eigenvalue weighted by atomic mass is 16.5. The zero-order chi connectivity index (χ0) is 11.1. The van der Waals surface area contributed by atoms with Gasteiger partial charge in [0, 0.05) is 31.7 Å². The molecule has 1 rings (SSSR count). The Morgan fingerprint density at radius 1 is 1.53 bits per heavy atom. The number of aliphatic hydroxyl groups is 1. The first-order valence-corrected chi connectivity index (χ1v) is 5.90. The number of hydrogen-bond donors (Lipinski definition) is 2. The third-order valence-electron chi connectivity index (χ3n) is 3.20. The van der Waals surface area contributed by atoms with E-state index < -0.39 is 0 Å². The molecule has 0 spiro atoms. The van der Waals surface area contributed by atoms with Crippen molar-refractivity contribution in [3.8, 4) is 0 Å². The molecule has 1 fully saturated rings. The molecule has 2 atom stereocenters. The van der Waals surface area contributed by atoms with Gasteiger partial charge >= 0.3 is 0 Å². The number of aliphatic hydroxyl groups excluding tert-OH is 1. The van der Waals surface area contributed by atoms with Crippen molar-refractivity contribution < 1.29 is 9.84 Å². The van der Waals surface area contributed by atoms with E-state index in [-0.39, 0.29) is 6.61 Å². The Morgan fingerprint density at radius 3 is 2.93 bits per heavy atom. The summed E-state index contributed by atoms with van der Waals surface area (Å²) in [5.74, 6) is 0.551. The number of likely N-dealkylation sites (N-methyl/N-ethyl adjacent to an activating group) is 1. The van der Waals surface area contributed by atoms with Crippen molar-refractivity contribution in [1.82, 2.24) is 10.2 Å². The molecule has 2 N–H and O–H groups in total. The largest absolute Gasteiger partial charge is 0.395 e. The standard InChI is InChI=1S/C11H24N2O2/c1-3-13(5-6-14)8-10-9-15-7-4-11(10)12-2/h10-12,14H,3-9H2,1-2H3.